The second kappa shape index (κ2) is 5.19. The second-order valence-electron chi connectivity index (χ2n) is 4.58. The second-order valence-corrected chi connectivity index (χ2v) is 5.43. The van der Waals surface area contributed by atoms with Crippen molar-refractivity contribution in [3.05, 3.63) is 28.7 Å². The normalized spacial score (nSPS) is 25.4. The first-order valence-corrected chi connectivity index (χ1v) is 6.72. The summed E-state index contributed by atoms with van der Waals surface area (Å²) in [4.78, 5) is 2.33. The van der Waals surface area contributed by atoms with Crippen molar-refractivity contribution in [3.8, 4) is 0 Å². The maximum atomic E-state index is 6.21. The van der Waals surface area contributed by atoms with Gasteiger partial charge in [-0.25, -0.2) is 0 Å². The predicted octanol–water partition coefficient (Wildman–Crippen LogP) is 3.16. The Kier molecular flexibility index (Phi) is 3.87. The van der Waals surface area contributed by atoms with Crippen molar-refractivity contribution in [3.63, 3.8) is 0 Å². The Morgan fingerprint density at radius 3 is 2.62 bits per heavy atom. The van der Waals surface area contributed by atoms with Crippen LogP contribution in [-0.4, -0.2) is 19.1 Å². The molecule has 1 fully saturated rings. The van der Waals surface area contributed by atoms with Crippen LogP contribution in [0, 0.1) is 0 Å². The molecule has 2 rings (SSSR count). The van der Waals surface area contributed by atoms with Crippen LogP contribution in [0.1, 0.15) is 25.7 Å². The van der Waals surface area contributed by atoms with E-state index in [1.807, 2.05) is 6.07 Å². The number of halogens is 1. The van der Waals surface area contributed by atoms with E-state index in [9.17, 15) is 0 Å². The van der Waals surface area contributed by atoms with Crippen molar-refractivity contribution in [2.45, 2.75) is 37.8 Å². The summed E-state index contributed by atoms with van der Waals surface area (Å²) < 4.78 is 1.15. The Morgan fingerprint density at radius 2 is 1.94 bits per heavy atom. The van der Waals surface area contributed by atoms with Crippen LogP contribution in [0.5, 0.6) is 0 Å². The molecule has 1 aliphatic rings. The third kappa shape index (κ3) is 2.41. The van der Waals surface area contributed by atoms with Crippen LogP contribution >= 0.6 is 15.9 Å². The highest BCUT2D eigenvalue weighted by Gasteiger charge is 2.26. The van der Waals surface area contributed by atoms with Gasteiger partial charge in [0.15, 0.2) is 0 Å². The average molecular weight is 283 g/mol. The van der Waals surface area contributed by atoms with Gasteiger partial charge in [-0.2, -0.15) is 0 Å². The Hall–Kier alpha value is -0.540. The highest BCUT2D eigenvalue weighted by molar-refractivity contribution is 9.10. The molecule has 2 N–H and O–H groups in total. The smallest absolute Gasteiger partial charge is 0.0511 e. The van der Waals surface area contributed by atoms with Crippen molar-refractivity contribution < 1.29 is 0 Å². The number of rotatable bonds is 2. The minimum atomic E-state index is 0.311. The number of hydrogen-bond donors (Lipinski definition) is 1. The summed E-state index contributed by atoms with van der Waals surface area (Å²) in [5.41, 5.74) is 7.45. The Balaban J connectivity index is 2.17. The lowest BCUT2D eigenvalue weighted by molar-refractivity contribution is 0.373. The van der Waals surface area contributed by atoms with Crippen LogP contribution in [0.4, 0.5) is 5.69 Å². The maximum Gasteiger partial charge on any atom is 0.0511 e. The summed E-state index contributed by atoms with van der Waals surface area (Å²) in [6.07, 6.45) is 4.94. The molecule has 0 aromatic heterocycles. The summed E-state index contributed by atoms with van der Waals surface area (Å²) >= 11 is 3.60. The number of para-hydroxylation sites is 1. The third-order valence-corrected chi connectivity index (χ3v) is 4.18. The molecule has 1 saturated carbocycles. The van der Waals surface area contributed by atoms with Crippen LogP contribution < -0.4 is 10.6 Å². The lowest BCUT2D eigenvalue weighted by Gasteiger charge is -2.37. The quantitative estimate of drug-likeness (QED) is 0.903. The molecule has 0 bridgehead atoms. The van der Waals surface area contributed by atoms with Crippen molar-refractivity contribution in [1.82, 2.24) is 0 Å². The van der Waals surface area contributed by atoms with Crippen molar-refractivity contribution in [1.29, 1.82) is 0 Å². The Bertz CT molecular complexity index is 354. The van der Waals surface area contributed by atoms with Gasteiger partial charge in [-0.3, -0.25) is 0 Å². The summed E-state index contributed by atoms with van der Waals surface area (Å²) in [6.45, 7) is 0. The Labute approximate surface area is 106 Å². The van der Waals surface area contributed by atoms with Crippen molar-refractivity contribution in [2.75, 3.05) is 11.9 Å². The molecule has 0 saturated heterocycles. The number of nitrogens with two attached hydrogens (primary N) is 1. The number of anilines is 1. The number of likely N-dealkylation sites (N-methyl/N-ethyl adjacent to an activating group) is 1. The van der Waals surface area contributed by atoms with Crippen LogP contribution in [0.3, 0.4) is 0 Å². The molecule has 0 aliphatic heterocycles. The van der Waals surface area contributed by atoms with Crippen LogP contribution in [-0.2, 0) is 0 Å². The van der Waals surface area contributed by atoms with E-state index in [0.29, 0.717) is 12.1 Å². The van der Waals surface area contributed by atoms with Gasteiger partial charge in [0.1, 0.15) is 0 Å². The molecule has 0 heterocycles. The zero-order chi connectivity index (χ0) is 11.5. The summed E-state index contributed by atoms with van der Waals surface area (Å²) in [5.74, 6) is 0. The summed E-state index contributed by atoms with van der Waals surface area (Å²) in [6, 6.07) is 9.14. The van der Waals surface area contributed by atoms with E-state index in [1.165, 1.54) is 24.9 Å². The third-order valence-electron chi connectivity index (χ3n) is 3.51. The maximum absolute atomic E-state index is 6.21. The molecule has 0 spiro atoms. The first kappa shape index (κ1) is 11.9. The van der Waals surface area contributed by atoms with E-state index >= 15 is 0 Å². The van der Waals surface area contributed by atoms with Crippen LogP contribution in [0.25, 0.3) is 0 Å². The lowest BCUT2D eigenvalue weighted by Crippen LogP contribution is -2.48. The lowest BCUT2D eigenvalue weighted by atomic mass is 9.90. The molecule has 3 heteroatoms. The zero-order valence-corrected chi connectivity index (χ0v) is 11.3. The van der Waals surface area contributed by atoms with E-state index in [0.717, 1.165) is 10.9 Å². The molecule has 1 aromatic carbocycles. The molecular weight excluding hydrogens is 264 g/mol. The molecule has 1 aromatic rings. The molecule has 0 radical (unpaired) electrons. The molecule has 2 nitrogen and oxygen atoms in total. The zero-order valence-electron chi connectivity index (χ0n) is 9.70. The van der Waals surface area contributed by atoms with Gasteiger partial charge in [-0.15, -0.1) is 0 Å². The van der Waals surface area contributed by atoms with Crippen LogP contribution in [0.2, 0.25) is 0 Å². The first-order chi connectivity index (χ1) is 7.70. The van der Waals surface area contributed by atoms with Gasteiger partial charge in [0, 0.05) is 23.6 Å². The van der Waals surface area contributed by atoms with Gasteiger partial charge in [0.25, 0.3) is 0 Å². The minimum Gasteiger partial charge on any atom is -0.369 e. The summed E-state index contributed by atoms with van der Waals surface area (Å²) in [7, 11) is 2.15. The highest BCUT2D eigenvalue weighted by atomic mass is 79.9. The fraction of sp³-hybridized carbons (Fsp3) is 0.538. The van der Waals surface area contributed by atoms with Crippen molar-refractivity contribution >= 4 is 21.6 Å². The largest absolute Gasteiger partial charge is 0.369 e. The van der Waals surface area contributed by atoms with E-state index in [4.69, 9.17) is 5.73 Å². The average Bonchev–Trinajstić information content (AvgIpc) is 2.29. The van der Waals surface area contributed by atoms with E-state index in [-0.39, 0.29) is 0 Å². The topological polar surface area (TPSA) is 29.3 Å². The Morgan fingerprint density at radius 1 is 1.25 bits per heavy atom. The monoisotopic (exact) mass is 282 g/mol. The number of hydrogen-bond acceptors (Lipinski definition) is 2. The minimum absolute atomic E-state index is 0.311. The molecular formula is C13H19BrN2. The van der Waals surface area contributed by atoms with Gasteiger partial charge < -0.3 is 10.6 Å². The molecule has 88 valence electrons. The van der Waals surface area contributed by atoms with Gasteiger partial charge in [0.2, 0.25) is 0 Å². The van der Waals surface area contributed by atoms with Crippen LogP contribution in [0.15, 0.2) is 28.7 Å². The van der Waals surface area contributed by atoms with Gasteiger partial charge in [0.05, 0.1) is 5.69 Å². The fourth-order valence-electron chi connectivity index (χ4n) is 2.54. The standard InChI is InChI=1S/C13H19BrN2/c1-16(12-8-4-2-6-10(12)14)13-9-5-3-7-11(13)15/h2,4,6,8,11,13H,3,5,7,9,15H2,1H3. The van der Waals surface area contributed by atoms with Gasteiger partial charge in [-0.05, 0) is 40.9 Å². The van der Waals surface area contributed by atoms with Gasteiger partial charge in [-0.1, -0.05) is 25.0 Å². The van der Waals surface area contributed by atoms with E-state index in [2.05, 4.69) is 46.1 Å². The first-order valence-electron chi connectivity index (χ1n) is 5.93. The molecule has 0 amide bonds. The SMILES string of the molecule is CN(c1ccccc1Br)C1CCCCC1N. The predicted molar refractivity (Wildman–Crippen MR) is 72.8 cm³/mol. The fourth-order valence-corrected chi connectivity index (χ4v) is 3.10. The van der Waals surface area contributed by atoms with E-state index in [1.54, 1.807) is 0 Å². The highest BCUT2D eigenvalue weighted by Crippen LogP contribution is 2.30. The van der Waals surface area contributed by atoms with E-state index < -0.39 is 0 Å². The summed E-state index contributed by atoms with van der Waals surface area (Å²) in [5, 5.41) is 0. The number of nitrogens with zero attached hydrogens (tertiary/aromatic N) is 1. The molecule has 16 heavy (non-hydrogen) atoms. The molecule has 2 atom stereocenters. The number of benzene rings is 1. The van der Waals surface area contributed by atoms with Crippen molar-refractivity contribution in [2.24, 2.45) is 5.73 Å². The molecule has 1 aliphatic carbocycles. The molecule has 2 unspecified atom stereocenters. The van der Waals surface area contributed by atoms with Gasteiger partial charge >= 0.3 is 0 Å².